The van der Waals surface area contributed by atoms with Crippen molar-refractivity contribution in [3.05, 3.63) is 63.5 Å². The van der Waals surface area contributed by atoms with E-state index in [0.717, 1.165) is 18.6 Å². The maximum absolute atomic E-state index is 13.2. The highest BCUT2D eigenvalue weighted by molar-refractivity contribution is 5.84. The normalized spacial score (nSPS) is 14.7. The number of hydrogen-bond acceptors (Lipinski definition) is 6. The number of benzene rings is 2. The summed E-state index contributed by atoms with van der Waals surface area (Å²) in [5.74, 6) is -1.70. The third kappa shape index (κ3) is 4.17. The molecule has 0 heterocycles. The number of alkyl halides is 2. The van der Waals surface area contributed by atoms with Gasteiger partial charge in [0, 0.05) is 0 Å². The number of hydrogen-bond donors (Lipinski definition) is 0. The first kappa shape index (κ1) is 21.4. The minimum Gasteiger partial charge on any atom is -0.493 e. The molecule has 0 unspecified atom stereocenters. The van der Waals surface area contributed by atoms with Crippen LogP contribution in [0.4, 0.5) is 18.9 Å². The van der Waals surface area contributed by atoms with Gasteiger partial charge < -0.3 is 14.2 Å². The van der Waals surface area contributed by atoms with Crippen molar-refractivity contribution >= 4 is 11.7 Å². The average Bonchev–Trinajstić information content (AvgIpc) is 2.66. The molecule has 2 aromatic rings. The number of carbonyl (C=O) groups excluding carboxylic acids is 1. The Bertz CT molecular complexity index is 944. The summed E-state index contributed by atoms with van der Waals surface area (Å²) in [5.41, 5.74) is -0.928. The van der Waals surface area contributed by atoms with Crippen LogP contribution < -0.4 is 9.47 Å². The SMILES string of the molecule is COc1cc(COC(=O)C2(c3ccc(F)cc3)CCC2)c([N+](=O)[O-])cc1OC(F)F. The zero-order valence-electron chi connectivity index (χ0n) is 15.9. The van der Waals surface area contributed by atoms with Crippen molar-refractivity contribution < 1.29 is 37.1 Å². The summed E-state index contributed by atoms with van der Waals surface area (Å²) >= 11 is 0. The third-order valence-electron chi connectivity index (χ3n) is 5.13. The van der Waals surface area contributed by atoms with Crippen molar-refractivity contribution in [2.75, 3.05) is 7.11 Å². The summed E-state index contributed by atoms with van der Waals surface area (Å²) in [6.45, 7) is -3.67. The van der Waals surface area contributed by atoms with Gasteiger partial charge in [-0.25, -0.2) is 4.39 Å². The molecule has 0 atom stereocenters. The second-order valence-electron chi connectivity index (χ2n) is 6.79. The minimum atomic E-state index is -3.20. The van der Waals surface area contributed by atoms with Crippen molar-refractivity contribution in [2.24, 2.45) is 0 Å². The van der Waals surface area contributed by atoms with E-state index in [2.05, 4.69) is 4.74 Å². The molecule has 0 aliphatic heterocycles. The van der Waals surface area contributed by atoms with E-state index in [9.17, 15) is 28.1 Å². The number of esters is 1. The van der Waals surface area contributed by atoms with Crippen molar-refractivity contribution in [2.45, 2.75) is 37.9 Å². The van der Waals surface area contributed by atoms with Gasteiger partial charge in [0.1, 0.15) is 12.4 Å². The Balaban J connectivity index is 1.84. The number of ether oxygens (including phenoxy) is 3. The summed E-state index contributed by atoms with van der Waals surface area (Å²) in [7, 11) is 1.19. The highest BCUT2D eigenvalue weighted by Gasteiger charge is 2.47. The highest BCUT2D eigenvalue weighted by Crippen LogP contribution is 2.45. The molecule has 0 spiro atoms. The molecule has 0 saturated heterocycles. The molecule has 1 aliphatic carbocycles. The van der Waals surface area contributed by atoms with E-state index in [4.69, 9.17) is 9.47 Å². The zero-order chi connectivity index (χ0) is 21.9. The van der Waals surface area contributed by atoms with E-state index in [0.29, 0.717) is 18.4 Å². The molecule has 0 amide bonds. The van der Waals surface area contributed by atoms with Crippen molar-refractivity contribution in [3.8, 4) is 11.5 Å². The number of methoxy groups -OCH3 is 1. The van der Waals surface area contributed by atoms with E-state index < -0.39 is 46.8 Å². The van der Waals surface area contributed by atoms with Crippen LogP contribution in [0.5, 0.6) is 11.5 Å². The molecule has 0 N–H and O–H groups in total. The molecule has 1 aliphatic rings. The monoisotopic (exact) mass is 425 g/mol. The smallest absolute Gasteiger partial charge is 0.387 e. The fourth-order valence-corrected chi connectivity index (χ4v) is 3.42. The van der Waals surface area contributed by atoms with E-state index in [1.54, 1.807) is 0 Å². The molecular formula is C20H18F3NO6. The molecule has 3 rings (SSSR count). The van der Waals surface area contributed by atoms with Gasteiger partial charge in [0.2, 0.25) is 0 Å². The molecule has 7 nitrogen and oxygen atoms in total. The second-order valence-corrected chi connectivity index (χ2v) is 6.79. The van der Waals surface area contributed by atoms with Crippen LogP contribution in [0.3, 0.4) is 0 Å². The van der Waals surface area contributed by atoms with Gasteiger partial charge in [0.15, 0.2) is 11.5 Å². The average molecular weight is 425 g/mol. The van der Waals surface area contributed by atoms with E-state index in [1.807, 2.05) is 0 Å². The lowest BCUT2D eigenvalue weighted by Gasteiger charge is -2.39. The maximum atomic E-state index is 13.2. The quantitative estimate of drug-likeness (QED) is 0.351. The van der Waals surface area contributed by atoms with Crippen LogP contribution in [0.1, 0.15) is 30.4 Å². The topological polar surface area (TPSA) is 87.9 Å². The molecule has 10 heteroatoms. The first-order chi connectivity index (χ1) is 14.3. The Morgan fingerprint density at radius 1 is 1.20 bits per heavy atom. The van der Waals surface area contributed by atoms with Gasteiger partial charge in [0.25, 0.3) is 5.69 Å². The first-order valence-electron chi connectivity index (χ1n) is 9.00. The Kier molecular flexibility index (Phi) is 6.14. The summed E-state index contributed by atoms with van der Waals surface area (Å²) < 4.78 is 52.9. The van der Waals surface area contributed by atoms with Crippen LogP contribution in [0, 0.1) is 15.9 Å². The minimum absolute atomic E-state index is 0.0413. The standard InChI is InChI=1S/C20H18F3NO6/c1-28-16-9-12(15(24(26)27)10-17(16)30-19(22)23)11-29-18(25)20(7-2-8-20)13-3-5-14(21)6-4-13/h3-6,9-10,19H,2,7-8,11H2,1H3. The number of carbonyl (C=O) groups is 1. The van der Waals surface area contributed by atoms with E-state index >= 15 is 0 Å². The predicted octanol–water partition coefficient (Wildman–Crippen LogP) is 4.51. The molecular weight excluding hydrogens is 407 g/mol. The summed E-state index contributed by atoms with van der Waals surface area (Å²) in [4.78, 5) is 23.4. The van der Waals surface area contributed by atoms with Crippen molar-refractivity contribution in [1.29, 1.82) is 0 Å². The lowest BCUT2D eigenvalue weighted by atomic mass is 9.64. The Labute approximate surface area is 169 Å². The van der Waals surface area contributed by atoms with Crippen LogP contribution >= 0.6 is 0 Å². The molecule has 1 saturated carbocycles. The van der Waals surface area contributed by atoms with Gasteiger partial charge in [-0.1, -0.05) is 18.6 Å². The molecule has 160 valence electrons. The van der Waals surface area contributed by atoms with Gasteiger partial charge in [-0.15, -0.1) is 0 Å². The fourth-order valence-electron chi connectivity index (χ4n) is 3.42. The number of rotatable bonds is 8. The Morgan fingerprint density at radius 3 is 2.37 bits per heavy atom. The van der Waals surface area contributed by atoms with Crippen LogP contribution in [-0.2, 0) is 21.6 Å². The molecule has 0 bridgehead atoms. The number of halogens is 3. The Morgan fingerprint density at radius 2 is 1.87 bits per heavy atom. The number of nitrogens with zero attached hydrogens (tertiary/aromatic N) is 1. The van der Waals surface area contributed by atoms with Crippen molar-refractivity contribution in [1.82, 2.24) is 0 Å². The fraction of sp³-hybridized carbons (Fsp3) is 0.350. The summed E-state index contributed by atoms with van der Waals surface area (Å²) in [6, 6.07) is 7.44. The molecule has 0 aromatic heterocycles. The van der Waals surface area contributed by atoms with Crippen molar-refractivity contribution in [3.63, 3.8) is 0 Å². The van der Waals surface area contributed by atoms with E-state index in [-0.39, 0.29) is 11.3 Å². The van der Waals surface area contributed by atoms with Crippen LogP contribution in [-0.4, -0.2) is 24.6 Å². The zero-order valence-corrected chi connectivity index (χ0v) is 15.9. The van der Waals surface area contributed by atoms with Crippen LogP contribution in [0.25, 0.3) is 0 Å². The molecule has 0 radical (unpaired) electrons. The maximum Gasteiger partial charge on any atom is 0.387 e. The molecule has 1 fully saturated rings. The van der Waals surface area contributed by atoms with Gasteiger partial charge in [0.05, 0.1) is 29.1 Å². The lowest BCUT2D eigenvalue weighted by molar-refractivity contribution is -0.386. The Hall–Kier alpha value is -3.30. The van der Waals surface area contributed by atoms with Gasteiger partial charge in [-0.05, 0) is 36.6 Å². The highest BCUT2D eigenvalue weighted by atomic mass is 19.3. The second kappa shape index (κ2) is 8.60. The van der Waals surface area contributed by atoms with Gasteiger partial charge >= 0.3 is 12.6 Å². The number of nitro groups is 1. The van der Waals surface area contributed by atoms with Crippen LogP contribution in [0.2, 0.25) is 0 Å². The first-order valence-corrected chi connectivity index (χ1v) is 9.00. The summed E-state index contributed by atoms with van der Waals surface area (Å²) in [6.07, 6.45) is 1.79. The summed E-state index contributed by atoms with van der Waals surface area (Å²) in [5, 5.41) is 11.4. The van der Waals surface area contributed by atoms with E-state index in [1.165, 1.54) is 31.4 Å². The predicted molar refractivity (Wildman–Crippen MR) is 98.0 cm³/mol. The van der Waals surface area contributed by atoms with Gasteiger partial charge in [-0.3, -0.25) is 14.9 Å². The third-order valence-corrected chi connectivity index (χ3v) is 5.13. The molecule has 2 aromatic carbocycles. The lowest BCUT2D eigenvalue weighted by Crippen LogP contribution is -2.43. The largest absolute Gasteiger partial charge is 0.493 e. The van der Waals surface area contributed by atoms with Gasteiger partial charge in [-0.2, -0.15) is 8.78 Å². The molecule has 30 heavy (non-hydrogen) atoms. The number of nitro benzene ring substituents is 1. The van der Waals surface area contributed by atoms with Crippen LogP contribution in [0.15, 0.2) is 36.4 Å².